The summed E-state index contributed by atoms with van der Waals surface area (Å²) >= 11 is 7.30. The van der Waals surface area contributed by atoms with Gasteiger partial charge in [0, 0.05) is 24.0 Å². The van der Waals surface area contributed by atoms with Gasteiger partial charge in [-0.1, -0.05) is 30.3 Å². The summed E-state index contributed by atoms with van der Waals surface area (Å²) in [5.41, 5.74) is 2.17. The van der Waals surface area contributed by atoms with Crippen molar-refractivity contribution < 1.29 is 0 Å². The Morgan fingerprint density at radius 2 is 2.00 bits per heavy atom. The first-order valence-corrected chi connectivity index (χ1v) is 9.20. The van der Waals surface area contributed by atoms with Gasteiger partial charge in [0.15, 0.2) is 10.6 Å². The van der Waals surface area contributed by atoms with Crippen molar-refractivity contribution in [1.29, 1.82) is 0 Å². The fourth-order valence-electron chi connectivity index (χ4n) is 2.66. The molecule has 0 aliphatic heterocycles. The van der Waals surface area contributed by atoms with E-state index in [0.29, 0.717) is 6.67 Å². The summed E-state index contributed by atoms with van der Waals surface area (Å²) in [6, 6.07) is 10.2. The molecule has 0 N–H and O–H groups in total. The van der Waals surface area contributed by atoms with Crippen LogP contribution in [0.25, 0.3) is 11.4 Å². The van der Waals surface area contributed by atoms with E-state index in [1.165, 1.54) is 0 Å². The van der Waals surface area contributed by atoms with E-state index in [1.54, 1.807) is 11.3 Å². The highest BCUT2D eigenvalue weighted by Gasteiger charge is 2.13. The van der Waals surface area contributed by atoms with E-state index in [2.05, 4.69) is 45.9 Å². The average Bonchev–Trinajstić information content (AvgIpc) is 3.12. The summed E-state index contributed by atoms with van der Waals surface area (Å²) in [5.74, 6) is 0.918. The van der Waals surface area contributed by atoms with E-state index >= 15 is 0 Å². The van der Waals surface area contributed by atoms with Gasteiger partial charge in [-0.25, -0.2) is 9.67 Å². The number of hydrogen-bond donors (Lipinski definition) is 0. The van der Waals surface area contributed by atoms with Gasteiger partial charge in [0.05, 0.1) is 17.4 Å². The van der Waals surface area contributed by atoms with Crippen LogP contribution in [-0.4, -0.2) is 31.3 Å². The molecule has 0 aliphatic carbocycles. The van der Waals surface area contributed by atoms with Gasteiger partial charge in [-0.3, -0.25) is 4.90 Å². The molecule has 7 heteroatoms. The zero-order valence-electron chi connectivity index (χ0n) is 14.1. The van der Waals surface area contributed by atoms with E-state index in [0.717, 1.165) is 39.9 Å². The third-order valence-electron chi connectivity index (χ3n) is 3.74. The number of aromatic nitrogens is 4. The molecule has 3 aromatic rings. The van der Waals surface area contributed by atoms with Crippen LogP contribution in [0.15, 0.2) is 35.7 Å². The minimum atomic E-state index is 0.641. The average molecular weight is 360 g/mol. The van der Waals surface area contributed by atoms with E-state index in [4.69, 9.17) is 17.3 Å². The molecule has 0 saturated heterocycles. The van der Waals surface area contributed by atoms with Crippen LogP contribution < -0.4 is 0 Å². The van der Waals surface area contributed by atoms with Crippen molar-refractivity contribution in [2.75, 3.05) is 7.05 Å². The van der Waals surface area contributed by atoms with Crippen molar-refractivity contribution in [3.63, 3.8) is 0 Å². The third-order valence-corrected chi connectivity index (χ3v) is 5.00. The predicted molar refractivity (Wildman–Crippen MR) is 100 cm³/mol. The third kappa shape index (κ3) is 3.63. The Morgan fingerprint density at radius 1 is 1.25 bits per heavy atom. The molecule has 2 aromatic heterocycles. The standard InChI is InChI=1S/C17H21N5S2/c1-4-21-16(14-8-6-5-7-9-14)19-22(17(21)23)12-20(3)10-15-11-24-13(2)18-15/h5-9,11H,4,10,12H2,1-3H3. The van der Waals surface area contributed by atoms with Crippen molar-refractivity contribution in [2.45, 2.75) is 33.6 Å². The maximum absolute atomic E-state index is 5.62. The summed E-state index contributed by atoms with van der Waals surface area (Å²) < 4.78 is 4.71. The molecule has 0 bridgehead atoms. The van der Waals surface area contributed by atoms with Crippen molar-refractivity contribution in [2.24, 2.45) is 0 Å². The lowest BCUT2D eigenvalue weighted by Gasteiger charge is -2.14. The zero-order chi connectivity index (χ0) is 17.1. The Kier molecular flexibility index (Phi) is 5.23. The highest BCUT2D eigenvalue weighted by molar-refractivity contribution is 7.71. The second-order valence-corrected chi connectivity index (χ2v) is 7.16. The van der Waals surface area contributed by atoms with E-state index in [1.807, 2.05) is 29.8 Å². The number of rotatable bonds is 6. The van der Waals surface area contributed by atoms with E-state index < -0.39 is 0 Å². The topological polar surface area (TPSA) is 38.9 Å². The summed E-state index contributed by atoms with van der Waals surface area (Å²) in [7, 11) is 2.06. The SMILES string of the molecule is CCn1c(-c2ccccc2)nn(CN(C)Cc2csc(C)n2)c1=S. The first-order valence-electron chi connectivity index (χ1n) is 7.91. The number of thiazole rings is 1. The fourth-order valence-corrected chi connectivity index (χ4v) is 3.57. The maximum atomic E-state index is 5.62. The highest BCUT2D eigenvalue weighted by Crippen LogP contribution is 2.18. The summed E-state index contributed by atoms with van der Waals surface area (Å²) in [6.45, 7) is 6.35. The van der Waals surface area contributed by atoms with Crippen LogP contribution in [0.1, 0.15) is 17.6 Å². The van der Waals surface area contributed by atoms with Gasteiger partial charge in [-0.2, -0.15) is 5.10 Å². The van der Waals surface area contributed by atoms with Crippen LogP contribution in [0.5, 0.6) is 0 Å². The molecular weight excluding hydrogens is 338 g/mol. The summed E-state index contributed by atoms with van der Waals surface area (Å²) in [6.07, 6.45) is 0. The zero-order valence-corrected chi connectivity index (χ0v) is 15.8. The summed E-state index contributed by atoms with van der Waals surface area (Å²) in [4.78, 5) is 6.69. The first kappa shape index (κ1) is 17.0. The lowest BCUT2D eigenvalue weighted by molar-refractivity contribution is 0.241. The molecule has 0 aliphatic rings. The first-order chi connectivity index (χ1) is 11.6. The lowest BCUT2D eigenvalue weighted by Crippen LogP contribution is -2.22. The fraction of sp³-hybridized carbons (Fsp3) is 0.353. The van der Waals surface area contributed by atoms with Gasteiger partial charge in [-0.05, 0) is 33.1 Å². The molecule has 126 valence electrons. The maximum Gasteiger partial charge on any atom is 0.199 e. The Morgan fingerprint density at radius 3 is 2.62 bits per heavy atom. The molecule has 0 fully saturated rings. The Labute approximate surface area is 151 Å². The van der Waals surface area contributed by atoms with Gasteiger partial charge in [0.2, 0.25) is 0 Å². The molecular formula is C17H21N5S2. The van der Waals surface area contributed by atoms with Gasteiger partial charge < -0.3 is 4.57 Å². The van der Waals surface area contributed by atoms with Crippen LogP contribution in [-0.2, 0) is 19.8 Å². The predicted octanol–water partition coefficient (Wildman–Crippen LogP) is 3.96. The number of benzene rings is 1. The largest absolute Gasteiger partial charge is 0.300 e. The number of aryl methyl sites for hydroxylation is 1. The molecule has 0 spiro atoms. The van der Waals surface area contributed by atoms with Crippen LogP contribution in [0.2, 0.25) is 0 Å². The quantitative estimate of drug-likeness (QED) is 0.625. The van der Waals surface area contributed by atoms with Crippen LogP contribution in [0, 0.1) is 11.7 Å². The van der Waals surface area contributed by atoms with Crippen LogP contribution >= 0.6 is 23.6 Å². The number of hydrogen-bond acceptors (Lipinski definition) is 5. The van der Waals surface area contributed by atoms with Crippen molar-refractivity contribution >= 4 is 23.6 Å². The smallest absolute Gasteiger partial charge is 0.199 e. The normalized spacial score (nSPS) is 11.3. The molecule has 0 atom stereocenters. The van der Waals surface area contributed by atoms with Crippen molar-refractivity contribution in [3.05, 3.63) is 51.2 Å². The minimum absolute atomic E-state index is 0.641. The molecule has 0 radical (unpaired) electrons. The van der Waals surface area contributed by atoms with Gasteiger partial charge in [0.1, 0.15) is 0 Å². The monoisotopic (exact) mass is 359 g/mol. The second kappa shape index (κ2) is 7.38. The van der Waals surface area contributed by atoms with Gasteiger partial charge in [-0.15, -0.1) is 11.3 Å². The van der Waals surface area contributed by atoms with E-state index in [9.17, 15) is 0 Å². The summed E-state index contributed by atoms with van der Waals surface area (Å²) in [5, 5.41) is 7.95. The Balaban J connectivity index is 1.83. The van der Waals surface area contributed by atoms with Gasteiger partial charge >= 0.3 is 0 Å². The van der Waals surface area contributed by atoms with Crippen molar-refractivity contribution in [1.82, 2.24) is 24.2 Å². The number of nitrogens with zero attached hydrogens (tertiary/aromatic N) is 5. The molecule has 1 aromatic carbocycles. The minimum Gasteiger partial charge on any atom is -0.300 e. The molecule has 2 heterocycles. The molecule has 0 saturated carbocycles. The van der Waals surface area contributed by atoms with Crippen LogP contribution in [0.3, 0.4) is 0 Å². The molecule has 24 heavy (non-hydrogen) atoms. The Hall–Kier alpha value is -1.83. The Bertz CT molecular complexity index is 863. The second-order valence-electron chi connectivity index (χ2n) is 5.73. The molecule has 0 unspecified atom stereocenters. The lowest BCUT2D eigenvalue weighted by atomic mass is 10.2. The molecule has 0 amide bonds. The van der Waals surface area contributed by atoms with Crippen molar-refractivity contribution in [3.8, 4) is 11.4 Å². The van der Waals surface area contributed by atoms with E-state index in [-0.39, 0.29) is 0 Å². The molecule has 3 rings (SSSR count). The molecule has 5 nitrogen and oxygen atoms in total. The van der Waals surface area contributed by atoms with Crippen LogP contribution in [0.4, 0.5) is 0 Å². The highest BCUT2D eigenvalue weighted by atomic mass is 32.1. The van der Waals surface area contributed by atoms with Gasteiger partial charge in [0.25, 0.3) is 0 Å².